The molecule has 18 heavy (non-hydrogen) atoms. The van der Waals surface area contributed by atoms with E-state index >= 15 is 0 Å². The molecule has 0 saturated heterocycles. The normalized spacial score (nSPS) is 10.7. The largest absolute Gasteiger partial charge is 0.347 e. The van der Waals surface area contributed by atoms with E-state index in [4.69, 9.17) is 11.6 Å². The van der Waals surface area contributed by atoms with Crippen LogP contribution in [0.4, 0.5) is 0 Å². The van der Waals surface area contributed by atoms with Gasteiger partial charge in [0.25, 0.3) is 0 Å². The highest BCUT2D eigenvalue weighted by Crippen LogP contribution is 2.27. The third-order valence-electron chi connectivity index (χ3n) is 3.07. The molecule has 0 unspecified atom stereocenters. The minimum Gasteiger partial charge on any atom is -0.347 e. The summed E-state index contributed by atoms with van der Waals surface area (Å²) in [4.78, 5) is 11.2. The Bertz CT molecular complexity index is 581. The van der Waals surface area contributed by atoms with Crippen molar-refractivity contribution < 1.29 is 4.79 Å². The molecule has 0 N–H and O–H groups in total. The Kier molecular flexibility index (Phi) is 3.58. The molecule has 94 valence electrons. The van der Waals surface area contributed by atoms with Crippen molar-refractivity contribution in [3.8, 4) is 11.3 Å². The molecule has 2 rings (SSSR count). The van der Waals surface area contributed by atoms with Crippen molar-refractivity contribution in [1.29, 1.82) is 0 Å². The van der Waals surface area contributed by atoms with E-state index in [0.717, 1.165) is 22.0 Å². The number of aryl methyl sites for hydroxylation is 1. The zero-order valence-corrected chi connectivity index (χ0v) is 11.6. The lowest BCUT2D eigenvalue weighted by atomic mass is 10.1. The molecule has 0 aliphatic carbocycles. The number of hydrogen-bond acceptors (Lipinski definition) is 1. The van der Waals surface area contributed by atoms with Crippen LogP contribution in [0, 0.1) is 6.92 Å². The maximum absolute atomic E-state index is 11.2. The third-order valence-corrected chi connectivity index (χ3v) is 3.32. The van der Waals surface area contributed by atoms with Crippen molar-refractivity contribution in [3.63, 3.8) is 0 Å². The van der Waals surface area contributed by atoms with Crippen LogP contribution in [0.3, 0.4) is 0 Å². The number of nitrogens with zero attached hydrogens (tertiary/aromatic N) is 1. The van der Waals surface area contributed by atoms with E-state index < -0.39 is 0 Å². The molecule has 0 atom stereocenters. The third kappa shape index (κ3) is 2.49. The predicted molar refractivity (Wildman–Crippen MR) is 75.0 cm³/mol. The van der Waals surface area contributed by atoms with E-state index in [9.17, 15) is 4.79 Å². The van der Waals surface area contributed by atoms with Gasteiger partial charge in [-0.2, -0.15) is 0 Å². The molecule has 1 heterocycles. The van der Waals surface area contributed by atoms with Crippen molar-refractivity contribution in [3.05, 3.63) is 46.6 Å². The smallest absolute Gasteiger partial charge is 0.135 e. The summed E-state index contributed by atoms with van der Waals surface area (Å²) in [5, 5.41) is 0.731. The average Bonchev–Trinajstić information content (AvgIpc) is 2.55. The van der Waals surface area contributed by atoms with Gasteiger partial charge in [0.1, 0.15) is 5.78 Å². The van der Waals surface area contributed by atoms with Gasteiger partial charge in [0.15, 0.2) is 0 Å². The first-order chi connectivity index (χ1) is 8.49. The molecule has 2 nitrogen and oxygen atoms in total. The number of halogens is 1. The van der Waals surface area contributed by atoms with E-state index in [1.807, 2.05) is 31.3 Å². The maximum atomic E-state index is 11.2. The van der Waals surface area contributed by atoms with Crippen molar-refractivity contribution in [1.82, 2.24) is 4.57 Å². The molecule has 1 aromatic heterocycles. The first-order valence-corrected chi connectivity index (χ1v) is 6.27. The fourth-order valence-electron chi connectivity index (χ4n) is 2.28. The van der Waals surface area contributed by atoms with E-state index in [1.54, 1.807) is 6.92 Å². The molecule has 0 amide bonds. The van der Waals surface area contributed by atoms with Crippen LogP contribution in [0.5, 0.6) is 0 Å². The zero-order valence-electron chi connectivity index (χ0n) is 10.8. The second-order valence-corrected chi connectivity index (χ2v) is 5.05. The highest BCUT2D eigenvalue weighted by molar-refractivity contribution is 6.30. The summed E-state index contributed by atoms with van der Waals surface area (Å²) >= 11 is 5.90. The first kappa shape index (κ1) is 12.9. The summed E-state index contributed by atoms with van der Waals surface area (Å²) in [6, 6.07) is 9.84. The molecule has 0 fully saturated rings. The second kappa shape index (κ2) is 4.99. The standard InChI is InChI=1S/C15H16ClNO/c1-10-8-14(9-11(2)18)17(3)15(10)12-4-6-13(16)7-5-12/h4-8H,9H2,1-3H3. The lowest BCUT2D eigenvalue weighted by Gasteiger charge is -2.08. The molecule has 0 saturated carbocycles. The highest BCUT2D eigenvalue weighted by atomic mass is 35.5. The van der Waals surface area contributed by atoms with Crippen molar-refractivity contribution >= 4 is 17.4 Å². The van der Waals surface area contributed by atoms with Crippen LogP contribution in [-0.4, -0.2) is 10.4 Å². The van der Waals surface area contributed by atoms with E-state index in [2.05, 4.69) is 17.6 Å². The van der Waals surface area contributed by atoms with Crippen LogP contribution >= 0.6 is 11.6 Å². The number of carbonyl (C=O) groups excluding carboxylic acids is 1. The Balaban J connectivity index is 2.48. The number of benzene rings is 1. The van der Waals surface area contributed by atoms with Crippen LogP contribution in [0.2, 0.25) is 5.02 Å². The molecular formula is C15H16ClNO. The van der Waals surface area contributed by atoms with Gasteiger partial charge in [-0.3, -0.25) is 4.79 Å². The Hall–Kier alpha value is -1.54. The second-order valence-electron chi connectivity index (χ2n) is 4.61. The number of hydrogen-bond donors (Lipinski definition) is 0. The zero-order chi connectivity index (χ0) is 13.3. The number of aromatic nitrogens is 1. The molecule has 1 aromatic carbocycles. The molecule has 0 bridgehead atoms. The number of ketones is 1. The lowest BCUT2D eigenvalue weighted by Crippen LogP contribution is -2.03. The molecule has 0 spiro atoms. The van der Waals surface area contributed by atoms with Crippen LogP contribution in [0.15, 0.2) is 30.3 Å². The summed E-state index contributed by atoms with van der Waals surface area (Å²) in [7, 11) is 2.00. The monoisotopic (exact) mass is 261 g/mol. The van der Waals surface area contributed by atoms with Crippen molar-refractivity contribution in [2.75, 3.05) is 0 Å². The Morgan fingerprint density at radius 3 is 2.44 bits per heavy atom. The van der Waals surface area contributed by atoms with Gasteiger partial charge in [0.05, 0.1) is 5.69 Å². The van der Waals surface area contributed by atoms with Crippen LogP contribution in [0.1, 0.15) is 18.2 Å². The number of Topliss-reactive ketones (excluding diaryl/α,β-unsaturated/α-hetero) is 1. The van der Waals surface area contributed by atoms with Gasteiger partial charge in [-0.25, -0.2) is 0 Å². The Morgan fingerprint density at radius 1 is 1.28 bits per heavy atom. The van der Waals surface area contributed by atoms with Crippen LogP contribution < -0.4 is 0 Å². The van der Waals surface area contributed by atoms with Gasteiger partial charge in [0.2, 0.25) is 0 Å². The highest BCUT2D eigenvalue weighted by Gasteiger charge is 2.12. The molecule has 0 radical (unpaired) electrons. The molecule has 0 aliphatic heterocycles. The predicted octanol–water partition coefficient (Wildman–Crippen LogP) is 3.79. The van der Waals surface area contributed by atoms with Crippen LogP contribution in [-0.2, 0) is 18.3 Å². The Morgan fingerprint density at radius 2 is 1.89 bits per heavy atom. The molecular weight excluding hydrogens is 246 g/mol. The van der Waals surface area contributed by atoms with Crippen LogP contribution in [0.25, 0.3) is 11.3 Å². The quantitative estimate of drug-likeness (QED) is 0.824. The van der Waals surface area contributed by atoms with Gasteiger partial charge in [0, 0.05) is 24.2 Å². The maximum Gasteiger partial charge on any atom is 0.135 e. The summed E-state index contributed by atoms with van der Waals surface area (Å²) in [6.45, 7) is 3.68. The Labute approximate surface area is 112 Å². The first-order valence-electron chi connectivity index (χ1n) is 5.89. The number of carbonyl (C=O) groups is 1. The van der Waals surface area contributed by atoms with Gasteiger partial charge in [-0.15, -0.1) is 0 Å². The molecule has 2 aromatic rings. The van der Waals surface area contributed by atoms with E-state index in [0.29, 0.717) is 6.42 Å². The average molecular weight is 262 g/mol. The summed E-state index contributed by atoms with van der Waals surface area (Å²) in [6.07, 6.45) is 0.477. The van der Waals surface area contributed by atoms with Crippen molar-refractivity contribution in [2.45, 2.75) is 20.3 Å². The summed E-state index contributed by atoms with van der Waals surface area (Å²) in [5.74, 6) is 0.179. The fourth-order valence-corrected chi connectivity index (χ4v) is 2.40. The number of rotatable bonds is 3. The van der Waals surface area contributed by atoms with Gasteiger partial charge in [-0.1, -0.05) is 23.7 Å². The SMILES string of the molecule is CC(=O)Cc1cc(C)c(-c2ccc(Cl)cc2)n1C. The fraction of sp³-hybridized carbons (Fsp3) is 0.267. The van der Waals surface area contributed by atoms with Crippen molar-refractivity contribution in [2.24, 2.45) is 7.05 Å². The van der Waals surface area contributed by atoms with Gasteiger partial charge < -0.3 is 4.57 Å². The summed E-state index contributed by atoms with van der Waals surface area (Å²) < 4.78 is 2.08. The molecule has 0 aliphatic rings. The minimum absolute atomic E-state index is 0.179. The lowest BCUT2D eigenvalue weighted by molar-refractivity contribution is -0.116. The summed E-state index contributed by atoms with van der Waals surface area (Å²) in [5.41, 5.74) is 4.48. The van der Waals surface area contributed by atoms with E-state index in [-0.39, 0.29) is 5.78 Å². The van der Waals surface area contributed by atoms with Gasteiger partial charge in [-0.05, 0) is 43.2 Å². The minimum atomic E-state index is 0.179. The molecule has 3 heteroatoms. The topological polar surface area (TPSA) is 22.0 Å². The van der Waals surface area contributed by atoms with E-state index in [1.165, 1.54) is 5.56 Å². The van der Waals surface area contributed by atoms with Gasteiger partial charge >= 0.3 is 0 Å².